The van der Waals surface area contributed by atoms with Gasteiger partial charge in [-0.15, -0.1) is 0 Å². The topological polar surface area (TPSA) is 67.4 Å². The molecule has 7 heteroatoms. The second-order valence-electron chi connectivity index (χ2n) is 4.75. The number of aromatic nitrogens is 2. The number of hydrogen-bond donors (Lipinski definition) is 2. The van der Waals surface area contributed by atoms with E-state index in [0.29, 0.717) is 18.7 Å². The standard InChI is InChI=1S/C13H12BrFN2O3/c14-7-5-8(15)10(6-11(7)18)17-12(19)9-3-1-2-4-16(9)13(17)20/h5-6,18-19H,1-4H2. The lowest BCUT2D eigenvalue weighted by molar-refractivity contribution is 0.423. The lowest BCUT2D eigenvalue weighted by Crippen LogP contribution is -2.26. The number of hydrogen-bond acceptors (Lipinski definition) is 3. The van der Waals surface area contributed by atoms with Crippen molar-refractivity contribution in [3.05, 3.63) is 38.6 Å². The van der Waals surface area contributed by atoms with Crippen molar-refractivity contribution in [2.45, 2.75) is 25.8 Å². The monoisotopic (exact) mass is 342 g/mol. The highest BCUT2D eigenvalue weighted by atomic mass is 79.9. The fourth-order valence-corrected chi connectivity index (χ4v) is 2.85. The lowest BCUT2D eigenvalue weighted by atomic mass is 10.1. The van der Waals surface area contributed by atoms with Crippen molar-refractivity contribution in [2.75, 3.05) is 0 Å². The van der Waals surface area contributed by atoms with E-state index >= 15 is 0 Å². The van der Waals surface area contributed by atoms with E-state index in [-0.39, 0.29) is 21.8 Å². The Morgan fingerprint density at radius 2 is 2.00 bits per heavy atom. The van der Waals surface area contributed by atoms with Gasteiger partial charge in [0.25, 0.3) is 0 Å². The predicted molar refractivity (Wildman–Crippen MR) is 74.0 cm³/mol. The van der Waals surface area contributed by atoms with Gasteiger partial charge >= 0.3 is 5.69 Å². The number of halogens is 2. The molecule has 0 radical (unpaired) electrons. The van der Waals surface area contributed by atoms with E-state index < -0.39 is 11.5 Å². The van der Waals surface area contributed by atoms with Crippen LogP contribution in [0.5, 0.6) is 11.6 Å². The number of aromatic hydroxyl groups is 2. The van der Waals surface area contributed by atoms with Gasteiger partial charge in [-0.05, 0) is 41.3 Å². The summed E-state index contributed by atoms with van der Waals surface area (Å²) in [6.07, 6.45) is 2.31. The smallest absolute Gasteiger partial charge is 0.336 e. The second kappa shape index (κ2) is 4.66. The van der Waals surface area contributed by atoms with Gasteiger partial charge in [-0.1, -0.05) is 0 Å². The zero-order chi connectivity index (χ0) is 14.4. The normalized spacial score (nSPS) is 14.3. The van der Waals surface area contributed by atoms with Gasteiger partial charge in [0.15, 0.2) is 0 Å². The minimum Gasteiger partial charge on any atom is -0.507 e. The van der Waals surface area contributed by atoms with Crippen LogP contribution in [0.3, 0.4) is 0 Å². The highest BCUT2D eigenvalue weighted by Crippen LogP contribution is 2.32. The van der Waals surface area contributed by atoms with Crippen LogP contribution in [0, 0.1) is 5.82 Å². The van der Waals surface area contributed by atoms with Crippen molar-refractivity contribution in [3.8, 4) is 17.3 Å². The zero-order valence-electron chi connectivity index (χ0n) is 10.4. The molecule has 1 aliphatic heterocycles. The van der Waals surface area contributed by atoms with Crippen LogP contribution in [0.1, 0.15) is 18.5 Å². The number of phenolic OH excluding ortho intramolecular Hbond substituents is 1. The summed E-state index contributed by atoms with van der Waals surface area (Å²) in [6.45, 7) is 0.513. The molecule has 0 aliphatic carbocycles. The molecule has 3 rings (SSSR count). The van der Waals surface area contributed by atoms with Crippen LogP contribution in [-0.4, -0.2) is 19.3 Å². The molecule has 0 unspecified atom stereocenters. The van der Waals surface area contributed by atoms with Crippen molar-refractivity contribution in [2.24, 2.45) is 0 Å². The molecule has 2 N–H and O–H groups in total. The molecule has 0 spiro atoms. The van der Waals surface area contributed by atoms with Gasteiger partial charge in [0.1, 0.15) is 11.6 Å². The predicted octanol–water partition coefficient (Wildman–Crippen LogP) is 2.29. The van der Waals surface area contributed by atoms with Gasteiger partial charge < -0.3 is 10.2 Å². The summed E-state index contributed by atoms with van der Waals surface area (Å²) >= 11 is 3.00. The first-order valence-corrected chi connectivity index (χ1v) is 7.01. The molecule has 1 aliphatic rings. The number of imidazole rings is 1. The SMILES string of the molecule is O=c1n2c(c(O)n1-c1cc(O)c(Br)cc1F)CCCC2. The van der Waals surface area contributed by atoms with Gasteiger partial charge in [0, 0.05) is 12.6 Å². The van der Waals surface area contributed by atoms with E-state index in [9.17, 15) is 19.4 Å². The van der Waals surface area contributed by atoms with Crippen LogP contribution in [0.25, 0.3) is 5.69 Å². The van der Waals surface area contributed by atoms with E-state index in [2.05, 4.69) is 15.9 Å². The van der Waals surface area contributed by atoms with Gasteiger partial charge in [0.2, 0.25) is 5.88 Å². The van der Waals surface area contributed by atoms with Crippen molar-refractivity contribution >= 4 is 15.9 Å². The molecule has 20 heavy (non-hydrogen) atoms. The Balaban J connectivity index is 2.28. The van der Waals surface area contributed by atoms with Gasteiger partial charge in [-0.2, -0.15) is 0 Å². The zero-order valence-corrected chi connectivity index (χ0v) is 12.0. The van der Waals surface area contributed by atoms with E-state index in [4.69, 9.17) is 0 Å². The van der Waals surface area contributed by atoms with E-state index in [1.807, 2.05) is 0 Å². The van der Waals surface area contributed by atoms with Gasteiger partial charge in [0.05, 0.1) is 15.9 Å². The number of phenols is 1. The Kier molecular flexibility index (Phi) is 3.08. The third-order valence-corrected chi connectivity index (χ3v) is 4.16. The highest BCUT2D eigenvalue weighted by Gasteiger charge is 2.24. The molecule has 0 bridgehead atoms. The number of benzene rings is 1. The molecule has 5 nitrogen and oxygen atoms in total. The number of nitrogens with zero attached hydrogens (tertiary/aromatic N) is 2. The maximum absolute atomic E-state index is 14.0. The average molecular weight is 343 g/mol. The van der Waals surface area contributed by atoms with Crippen molar-refractivity contribution in [3.63, 3.8) is 0 Å². The molecule has 0 amide bonds. The summed E-state index contributed by atoms with van der Waals surface area (Å²) in [6, 6.07) is 2.18. The van der Waals surface area contributed by atoms with Crippen LogP contribution in [-0.2, 0) is 13.0 Å². The Labute approximate surface area is 122 Å². The van der Waals surface area contributed by atoms with Crippen LogP contribution in [0.2, 0.25) is 0 Å². The first-order valence-electron chi connectivity index (χ1n) is 6.22. The molecule has 0 atom stereocenters. The number of rotatable bonds is 1. The molecular formula is C13H12BrFN2O3. The van der Waals surface area contributed by atoms with Crippen molar-refractivity contribution in [1.29, 1.82) is 0 Å². The summed E-state index contributed by atoms with van der Waals surface area (Å²) in [5, 5.41) is 19.8. The maximum atomic E-state index is 14.0. The molecular weight excluding hydrogens is 331 g/mol. The summed E-state index contributed by atoms with van der Waals surface area (Å²) in [7, 11) is 0. The highest BCUT2D eigenvalue weighted by molar-refractivity contribution is 9.10. The molecule has 0 saturated heterocycles. The molecule has 2 heterocycles. The van der Waals surface area contributed by atoms with Gasteiger partial charge in [-0.3, -0.25) is 4.57 Å². The van der Waals surface area contributed by atoms with E-state index in [1.54, 1.807) is 0 Å². The van der Waals surface area contributed by atoms with E-state index in [1.165, 1.54) is 4.57 Å². The van der Waals surface area contributed by atoms with Gasteiger partial charge in [-0.25, -0.2) is 13.8 Å². The molecule has 1 aromatic carbocycles. The van der Waals surface area contributed by atoms with Crippen LogP contribution < -0.4 is 5.69 Å². The minimum atomic E-state index is -0.699. The fourth-order valence-electron chi connectivity index (χ4n) is 2.53. The first kappa shape index (κ1) is 13.2. The second-order valence-corrected chi connectivity index (χ2v) is 5.61. The average Bonchev–Trinajstić information content (AvgIpc) is 2.68. The molecule has 106 valence electrons. The molecule has 2 aromatic rings. The minimum absolute atomic E-state index is 0.157. The quantitative estimate of drug-likeness (QED) is 0.835. The summed E-state index contributed by atoms with van der Waals surface area (Å²) < 4.78 is 16.6. The Morgan fingerprint density at radius 1 is 1.25 bits per heavy atom. The lowest BCUT2D eigenvalue weighted by Gasteiger charge is -2.11. The molecule has 0 fully saturated rings. The molecule has 1 aromatic heterocycles. The largest absolute Gasteiger partial charge is 0.507 e. The Hall–Kier alpha value is -1.76. The Morgan fingerprint density at radius 3 is 2.70 bits per heavy atom. The van der Waals surface area contributed by atoms with E-state index in [0.717, 1.165) is 29.5 Å². The number of fused-ring (bicyclic) bond motifs is 1. The summed E-state index contributed by atoms with van der Waals surface area (Å²) in [5.41, 5.74) is -0.129. The van der Waals surface area contributed by atoms with Crippen LogP contribution in [0.15, 0.2) is 21.4 Å². The fraction of sp³-hybridized carbons (Fsp3) is 0.308. The third kappa shape index (κ3) is 1.84. The van der Waals surface area contributed by atoms with Crippen LogP contribution >= 0.6 is 15.9 Å². The van der Waals surface area contributed by atoms with Crippen LogP contribution in [0.4, 0.5) is 4.39 Å². The third-order valence-electron chi connectivity index (χ3n) is 3.52. The molecule has 0 saturated carbocycles. The summed E-state index contributed by atoms with van der Waals surface area (Å²) in [4.78, 5) is 12.3. The van der Waals surface area contributed by atoms with Crippen molar-refractivity contribution in [1.82, 2.24) is 9.13 Å². The van der Waals surface area contributed by atoms with Crippen molar-refractivity contribution < 1.29 is 14.6 Å². The first-order chi connectivity index (χ1) is 9.50. The Bertz CT molecular complexity index is 751. The summed E-state index contributed by atoms with van der Waals surface area (Å²) in [5.74, 6) is -1.15. The maximum Gasteiger partial charge on any atom is 0.336 e.